The number of hydrogen-bond donors (Lipinski definition) is 1. The summed E-state index contributed by atoms with van der Waals surface area (Å²) in [5, 5.41) is 13.0. The lowest BCUT2D eigenvalue weighted by atomic mass is 10.1. The van der Waals surface area contributed by atoms with Gasteiger partial charge >= 0.3 is 5.97 Å². The van der Waals surface area contributed by atoms with Crippen molar-refractivity contribution < 1.29 is 9.90 Å². The van der Waals surface area contributed by atoms with Gasteiger partial charge in [0.1, 0.15) is 0 Å². The second-order valence-electron chi connectivity index (χ2n) is 4.72. The van der Waals surface area contributed by atoms with Crippen LogP contribution < -0.4 is 10.5 Å². The first-order valence-corrected chi connectivity index (χ1v) is 6.94. The van der Waals surface area contributed by atoms with E-state index in [1.165, 1.54) is 22.9 Å². The zero-order valence-corrected chi connectivity index (χ0v) is 13.2. The lowest BCUT2D eigenvalue weighted by Crippen LogP contribution is -2.24. The van der Waals surface area contributed by atoms with Crippen molar-refractivity contribution in [2.45, 2.75) is 6.54 Å². The summed E-state index contributed by atoms with van der Waals surface area (Å²) < 4.78 is 1.96. The molecule has 0 aliphatic rings. The molecule has 0 radical (unpaired) electrons. The zero-order chi connectivity index (χ0) is 15.6. The van der Waals surface area contributed by atoms with Gasteiger partial charge in [-0.15, -0.1) is 0 Å². The Morgan fingerprint density at radius 1 is 1.38 bits per heavy atom. The molecular formula is C14H14BrN3O3. The molecule has 0 saturated heterocycles. The fourth-order valence-electron chi connectivity index (χ4n) is 1.76. The molecule has 1 heterocycles. The Bertz CT molecular complexity index is 740. The van der Waals surface area contributed by atoms with Crippen LogP contribution in [0.1, 0.15) is 15.9 Å². The highest BCUT2D eigenvalue weighted by Gasteiger charge is 2.09. The Morgan fingerprint density at radius 2 is 2.10 bits per heavy atom. The highest BCUT2D eigenvalue weighted by atomic mass is 79.9. The third kappa shape index (κ3) is 3.49. The van der Waals surface area contributed by atoms with E-state index in [2.05, 4.69) is 21.0 Å². The molecule has 0 fully saturated rings. The lowest BCUT2D eigenvalue weighted by molar-refractivity contribution is 0.0697. The van der Waals surface area contributed by atoms with Crippen LogP contribution in [0.15, 0.2) is 39.7 Å². The Morgan fingerprint density at radius 3 is 2.62 bits per heavy atom. The quantitative estimate of drug-likeness (QED) is 0.909. The summed E-state index contributed by atoms with van der Waals surface area (Å²) in [6.07, 6.45) is 1.61. The monoisotopic (exact) mass is 351 g/mol. The number of anilines is 1. The van der Waals surface area contributed by atoms with Crippen molar-refractivity contribution in [1.82, 2.24) is 9.78 Å². The first kappa shape index (κ1) is 15.2. The molecule has 0 spiro atoms. The molecule has 1 aromatic carbocycles. The minimum atomic E-state index is -0.993. The summed E-state index contributed by atoms with van der Waals surface area (Å²) in [4.78, 5) is 24.7. The molecule has 1 N–H and O–H groups in total. The van der Waals surface area contributed by atoms with Crippen LogP contribution in [0.5, 0.6) is 0 Å². The van der Waals surface area contributed by atoms with Crippen LogP contribution in [0.4, 0.5) is 5.69 Å². The number of carbonyl (C=O) groups is 1. The average molecular weight is 352 g/mol. The Hall–Kier alpha value is -2.15. The number of carboxylic acids is 1. The van der Waals surface area contributed by atoms with Gasteiger partial charge < -0.3 is 10.0 Å². The normalized spacial score (nSPS) is 10.4. The molecule has 2 aromatic rings. The predicted molar refractivity (Wildman–Crippen MR) is 83.0 cm³/mol. The molecule has 6 nitrogen and oxygen atoms in total. The summed E-state index contributed by atoms with van der Waals surface area (Å²) in [6.45, 7) is 0.271. The molecule has 7 heteroatoms. The Kier molecular flexibility index (Phi) is 4.42. The summed E-state index contributed by atoms with van der Waals surface area (Å²) in [5.41, 5.74) is 1.49. The topological polar surface area (TPSA) is 75.4 Å². The molecule has 0 saturated carbocycles. The van der Waals surface area contributed by atoms with E-state index in [0.717, 1.165) is 11.3 Å². The first-order chi connectivity index (χ1) is 9.88. The number of benzene rings is 1. The van der Waals surface area contributed by atoms with Gasteiger partial charge in [0.25, 0.3) is 5.56 Å². The van der Waals surface area contributed by atoms with E-state index in [0.29, 0.717) is 4.47 Å². The molecular weight excluding hydrogens is 338 g/mol. The van der Waals surface area contributed by atoms with Crippen molar-refractivity contribution in [3.63, 3.8) is 0 Å². The maximum atomic E-state index is 12.0. The van der Waals surface area contributed by atoms with Gasteiger partial charge in [-0.1, -0.05) is 22.0 Å². The van der Waals surface area contributed by atoms with Gasteiger partial charge in [-0.05, 0) is 17.7 Å². The van der Waals surface area contributed by atoms with Crippen molar-refractivity contribution in [3.05, 3.63) is 56.4 Å². The maximum Gasteiger partial charge on any atom is 0.335 e. The summed E-state index contributed by atoms with van der Waals surface area (Å²) in [7, 11) is 3.67. The van der Waals surface area contributed by atoms with Gasteiger partial charge in [-0.2, -0.15) is 5.10 Å². The van der Waals surface area contributed by atoms with E-state index in [-0.39, 0.29) is 17.7 Å². The van der Waals surface area contributed by atoms with Gasteiger partial charge in [0.15, 0.2) is 0 Å². The van der Waals surface area contributed by atoms with Gasteiger partial charge in [0.2, 0.25) is 0 Å². The molecule has 1 aromatic heterocycles. The van der Waals surface area contributed by atoms with E-state index in [1.807, 2.05) is 14.1 Å². The SMILES string of the molecule is CN(C)c1cnn(Cc2ccc(C(=O)O)cc2Br)c(=O)c1. The fourth-order valence-corrected chi connectivity index (χ4v) is 2.26. The maximum absolute atomic E-state index is 12.0. The smallest absolute Gasteiger partial charge is 0.335 e. The number of carboxylic acid groups (broad SMARTS) is 1. The third-order valence-electron chi connectivity index (χ3n) is 2.99. The van der Waals surface area contributed by atoms with Gasteiger partial charge in [-0.3, -0.25) is 4.79 Å². The number of aromatic nitrogens is 2. The lowest BCUT2D eigenvalue weighted by Gasteiger charge is -2.13. The largest absolute Gasteiger partial charge is 0.478 e. The Balaban J connectivity index is 2.30. The van der Waals surface area contributed by atoms with Crippen LogP contribution in [-0.2, 0) is 6.54 Å². The van der Waals surface area contributed by atoms with Crippen LogP contribution >= 0.6 is 15.9 Å². The van der Waals surface area contributed by atoms with Crippen molar-refractivity contribution in [3.8, 4) is 0 Å². The minimum Gasteiger partial charge on any atom is -0.478 e. The molecule has 21 heavy (non-hydrogen) atoms. The number of nitrogens with zero attached hydrogens (tertiary/aromatic N) is 3. The molecule has 0 bridgehead atoms. The molecule has 110 valence electrons. The Labute approximate surface area is 129 Å². The van der Waals surface area contributed by atoms with Crippen molar-refractivity contribution in [1.29, 1.82) is 0 Å². The number of aromatic carboxylic acids is 1. The van der Waals surface area contributed by atoms with E-state index in [9.17, 15) is 9.59 Å². The highest BCUT2D eigenvalue weighted by Crippen LogP contribution is 2.19. The second kappa shape index (κ2) is 6.09. The number of hydrogen-bond acceptors (Lipinski definition) is 4. The van der Waals surface area contributed by atoms with Crippen LogP contribution in [0.2, 0.25) is 0 Å². The van der Waals surface area contributed by atoms with Crippen molar-refractivity contribution in [2.24, 2.45) is 0 Å². The standard InChI is InChI=1S/C14H14BrN3O3/c1-17(2)11-6-13(19)18(16-7-11)8-10-4-3-9(14(20)21)5-12(10)15/h3-7H,8H2,1-2H3,(H,20,21). The molecule has 0 unspecified atom stereocenters. The number of rotatable bonds is 4. The van der Waals surface area contributed by atoms with Crippen molar-refractivity contribution in [2.75, 3.05) is 19.0 Å². The molecule has 2 rings (SSSR count). The molecule has 0 aliphatic carbocycles. The zero-order valence-electron chi connectivity index (χ0n) is 11.6. The first-order valence-electron chi connectivity index (χ1n) is 6.14. The average Bonchev–Trinajstić information content (AvgIpc) is 2.42. The summed E-state index contributed by atoms with van der Waals surface area (Å²) in [6, 6.07) is 6.19. The summed E-state index contributed by atoms with van der Waals surface area (Å²) >= 11 is 3.32. The summed E-state index contributed by atoms with van der Waals surface area (Å²) in [5.74, 6) is -0.993. The van der Waals surface area contributed by atoms with E-state index in [1.54, 1.807) is 17.2 Å². The van der Waals surface area contributed by atoms with Crippen LogP contribution in [0.3, 0.4) is 0 Å². The van der Waals surface area contributed by atoms with E-state index >= 15 is 0 Å². The molecule has 0 aliphatic heterocycles. The van der Waals surface area contributed by atoms with Crippen LogP contribution in [0.25, 0.3) is 0 Å². The van der Waals surface area contributed by atoms with Crippen LogP contribution in [0, 0.1) is 0 Å². The van der Waals surface area contributed by atoms with E-state index in [4.69, 9.17) is 5.11 Å². The minimum absolute atomic E-state index is 0.189. The van der Waals surface area contributed by atoms with Crippen LogP contribution in [-0.4, -0.2) is 35.0 Å². The third-order valence-corrected chi connectivity index (χ3v) is 3.73. The highest BCUT2D eigenvalue weighted by molar-refractivity contribution is 9.10. The second-order valence-corrected chi connectivity index (χ2v) is 5.57. The predicted octanol–water partition coefficient (Wildman–Crippen LogP) is 1.82. The fraction of sp³-hybridized carbons (Fsp3) is 0.214. The van der Waals surface area contributed by atoms with Gasteiger partial charge in [0, 0.05) is 24.6 Å². The van der Waals surface area contributed by atoms with Crippen molar-refractivity contribution >= 4 is 27.6 Å². The van der Waals surface area contributed by atoms with Gasteiger partial charge in [0.05, 0.1) is 24.0 Å². The number of halogens is 1. The molecule has 0 atom stereocenters. The molecule has 0 amide bonds. The van der Waals surface area contributed by atoms with Gasteiger partial charge in [-0.25, -0.2) is 9.48 Å². The van der Waals surface area contributed by atoms with E-state index < -0.39 is 5.97 Å².